The van der Waals surface area contributed by atoms with Gasteiger partial charge in [0.15, 0.2) is 0 Å². The van der Waals surface area contributed by atoms with Crippen LogP contribution in [0.25, 0.3) is 0 Å². The second-order valence-corrected chi connectivity index (χ2v) is 6.68. The highest BCUT2D eigenvalue weighted by atomic mass is 16.1. The second-order valence-electron chi connectivity index (χ2n) is 6.68. The van der Waals surface area contributed by atoms with E-state index < -0.39 is 0 Å². The molecule has 4 heteroatoms. The first-order valence-electron chi connectivity index (χ1n) is 8.44. The van der Waals surface area contributed by atoms with Crippen LogP contribution in [0.3, 0.4) is 0 Å². The number of rotatable bonds is 5. The van der Waals surface area contributed by atoms with Gasteiger partial charge in [0.05, 0.1) is 0 Å². The van der Waals surface area contributed by atoms with E-state index in [1.54, 1.807) is 0 Å². The van der Waals surface area contributed by atoms with E-state index in [2.05, 4.69) is 17.1 Å². The molecule has 20 heavy (non-hydrogen) atoms. The number of carbonyl (C=O) groups excluding carboxylic acids is 1. The van der Waals surface area contributed by atoms with Gasteiger partial charge in [-0.25, -0.2) is 0 Å². The van der Waals surface area contributed by atoms with E-state index in [4.69, 9.17) is 5.73 Å². The van der Waals surface area contributed by atoms with Gasteiger partial charge in [-0.3, -0.25) is 4.79 Å². The van der Waals surface area contributed by atoms with Crippen molar-refractivity contribution in [3.05, 3.63) is 0 Å². The molecule has 2 unspecified atom stereocenters. The predicted octanol–water partition coefficient (Wildman–Crippen LogP) is 1.88. The second kappa shape index (κ2) is 7.99. The Labute approximate surface area is 123 Å². The van der Waals surface area contributed by atoms with Crippen molar-refractivity contribution in [2.75, 3.05) is 19.6 Å². The number of nitrogens with zero attached hydrogens (tertiary/aromatic N) is 1. The Morgan fingerprint density at radius 2 is 2.00 bits per heavy atom. The molecule has 0 aromatic heterocycles. The van der Waals surface area contributed by atoms with E-state index in [-0.39, 0.29) is 5.91 Å². The predicted molar refractivity (Wildman–Crippen MR) is 82.4 cm³/mol. The topological polar surface area (TPSA) is 58.4 Å². The Hall–Kier alpha value is -0.610. The molecule has 116 valence electrons. The molecule has 0 spiro atoms. The summed E-state index contributed by atoms with van der Waals surface area (Å²) in [5.74, 6) is 0.761. The molecule has 0 aromatic carbocycles. The fourth-order valence-corrected chi connectivity index (χ4v) is 3.68. The summed E-state index contributed by atoms with van der Waals surface area (Å²) in [6.07, 6.45) is 8.65. The minimum absolute atomic E-state index is 0.248. The molecular weight excluding hydrogens is 250 g/mol. The maximum absolute atomic E-state index is 12.1. The Morgan fingerprint density at radius 3 is 2.65 bits per heavy atom. The first-order valence-corrected chi connectivity index (χ1v) is 8.44. The highest BCUT2D eigenvalue weighted by Gasteiger charge is 2.24. The van der Waals surface area contributed by atoms with Crippen molar-refractivity contribution in [3.8, 4) is 0 Å². The van der Waals surface area contributed by atoms with Gasteiger partial charge in [-0.05, 0) is 51.0 Å². The number of piperidine rings is 1. The van der Waals surface area contributed by atoms with Gasteiger partial charge in [-0.15, -0.1) is 0 Å². The van der Waals surface area contributed by atoms with Gasteiger partial charge in [0.25, 0.3) is 0 Å². The Morgan fingerprint density at radius 1 is 1.25 bits per heavy atom. The van der Waals surface area contributed by atoms with Gasteiger partial charge in [0.1, 0.15) is 0 Å². The van der Waals surface area contributed by atoms with Gasteiger partial charge in [-0.2, -0.15) is 0 Å². The van der Waals surface area contributed by atoms with Crippen LogP contribution in [0.1, 0.15) is 58.3 Å². The van der Waals surface area contributed by atoms with Crippen molar-refractivity contribution >= 4 is 5.91 Å². The number of nitrogens with one attached hydrogen (secondary N) is 1. The largest absolute Gasteiger partial charge is 0.353 e. The summed E-state index contributed by atoms with van der Waals surface area (Å²) in [5.41, 5.74) is 5.99. The van der Waals surface area contributed by atoms with Gasteiger partial charge < -0.3 is 16.0 Å². The van der Waals surface area contributed by atoms with Crippen LogP contribution in [0.5, 0.6) is 0 Å². The highest BCUT2D eigenvalue weighted by molar-refractivity contribution is 5.76. The summed E-state index contributed by atoms with van der Waals surface area (Å²) in [6.45, 7) is 5.68. The van der Waals surface area contributed by atoms with E-state index >= 15 is 0 Å². The van der Waals surface area contributed by atoms with E-state index in [1.807, 2.05) is 0 Å². The monoisotopic (exact) mass is 281 g/mol. The Balaban J connectivity index is 1.65. The number of likely N-dealkylation sites (tertiary alicyclic amines) is 1. The molecule has 2 atom stereocenters. The molecule has 4 nitrogen and oxygen atoms in total. The number of nitrogens with two attached hydrogens (primary N) is 1. The molecule has 1 heterocycles. The summed E-state index contributed by atoms with van der Waals surface area (Å²) in [4.78, 5) is 14.6. The zero-order valence-corrected chi connectivity index (χ0v) is 12.9. The molecule has 2 aliphatic rings. The first-order chi connectivity index (χ1) is 9.67. The lowest BCUT2D eigenvalue weighted by atomic mass is 9.84. The molecular formula is C16H31N3O. The molecule has 0 bridgehead atoms. The lowest BCUT2D eigenvalue weighted by Gasteiger charge is -2.32. The minimum atomic E-state index is 0.248. The molecule has 1 saturated carbocycles. The fourth-order valence-electron chi connectivity index (χ4n) is 3.68. The van der Waals surface area contributed by atoms with Crippen LogP contribution in [-0.4, -0.2) is 42.5 Å². The SMILES string of the molecule is CCCN1CCC(NC(=O)CC2CCCC(N)C2)CC1. The van der Waals surface area contributed by atoms with Crippen molar-refractivity contribution in [1.29, 1.82) is 0 Å². The van der Waals surface area contributed by atoms with Gasteiger partial charge in [-0.1, -0.05) is 13.3 Å². The average molecular weight is 281 g/mol. The van der Waals surface area contributed by atoms with Crippen LogP contribution in [0.2, 0.25) is 0 Å². The zero-order chi connectivity index (χ0) is 14.4. The third kappa shape index (κ3) is 5.06. The third-order valence-electron chi connectivity index (χ3n) is 4.79. The van der Waals surface area contributed by atoms with Crippen molar-refractivity contribution in [2.45, 2.75) is 70.4 Å². The summed E-state index contributed by atoms with van der Waals surface area (Å²) < 4.78 is 0. The number of amides is 1. The van der Waals surface area contributed by atoms with Crippen LogP contribution < -0.4 is 11.1 Å². The van der Waals surface area contributed by atoms with Crippen molar-refractivity contribution in [3.63, 3.8) is 0 Å². The van der Waals surface area contributed by atoms with E-state index in [0.29, 0.717) is 24.4 Å². The Bertz CT molecular complexity index is 300. The minimum Gasteiger partial charge on any atom is -0.353 e. The van der Waals surface area contributed by atoms with Crippen molar-refractivity contribution < 1.29 is 4.79 Å². The summed E-state index contributed by atoms with van der Waals surface area (Å²) in [5, 5.41) is 3.24. The Kier molecular flexibility index (Phi) is 6.30. The smallest absolute Gasteiger partial charge is 0.220 e. The molecule has 3 N–H and O–H groups in total. The van der Waals surface area contributed by atoms with Gasteiger partial charge >= 0.3 is 0 Å². The lowest BCUT2D eigenvalue weighted by Crippen LogP contribution is -2.45. The molecule has 1 aliphatic carbocycles. The summed E-state index contributed by atoms with van der Waals surface area (Å²) in [6, 6.07) is 0.715. The standard InChI is InChI=1S/C16H31N3O/c1-2-8-19-9-6-15(7-10-19)18-16(20)12-13-4-3-5-14(17)11-13/h13-15H,2-12,17H2,1H3,(H,18,20). The molecule has 1 amide bonds. The van der Waals surface area contributed by atoms with Crippen LogP contribution >= 0.6 is 0 Å². The van der Waals surface area contributed by atoms with Crippen LogP contribution in [0, 0.1) is 5.92 Å². The third-order valence-corrected chi connectivity index (χ3v) is 4.79. The summed E-state index contributed by atoms with van der Waals surface area (Å²) in [7, 11) is 0. The maximum Gasteiger partial charge on any atom is 0.220 e. The van der Waals surface area contributed by atoms with Gasteiger partial charge in [0, 0.05) is 31.6 Å². The lowest BCUT2D eigenvalue weighted by molar-refractivity contribution is -0.123. The average Bonchev–Trinajstić information content (AvgIpc) is 2.41. The summed E-state index contributed by atoms with van der Waals surface area (Å²) >= 11 is 0. The molecule has 0 radical (unpaired) electrons. The number of hydrogen-bond donors (Lipinski definition) is 2. The van der Waals surface area contributed by atoms with E-state index in [1.165, 1.54) is 25.8 Å². The van der Waals surface area contributed by atoms with Gasteiger partial charge in [0.2, 0.25) is 5.91 Å². The number of carbonyl (C=O) groups is 1. The van der Waals surface area contributed by atoms with Crippen molar-refractivity contribution in [1.82, 2.24) is 10.2 Å². The molecule has 1 aliphatic heterocycles. The highest BCUT2D eigenvalue weighted by Crippen LogP contribution is 2.25. The molecule has 0 aromatic rings. The number of hydrogen-bond acceptors (Lipinski definition) is 3. The normalized spacial score (nSPS) is 29.3. The van der Waals surface area contributed by atoms with Crippen LogP contribution in [0.4, 0.5) is 0 Å². The first kappa shape index (κ1) is 15.8. The van der Waals surface area contributed by atoms with Crippen LogP contribution in [-0.2, 0) is 4.79 Å². The van der Waals surface area contributed by atoms with E-state index in [0.717, 1.165) is 38.8 Å². The van der Waals surface area contributed by atoms with E-state index in [9.17, 15) is 4.79 Å². The maximum atomic E-state index is 12.1. The zero-order valence-electron chi connectivity index (χ0n) is 12.9. The van der Waals surface area contributed by atoms with Crippen molar-refractivity contribution in [2.24, 2.45) is 11.7 Å². The molecule has 1 saturated heterocycles. The quantitative estimate of drug-likeness (QED) is 0.809. The molecule has 2 fully saturated rings. The van der Waals surface area contributed by atoms with Crippen LogP contribution in [0.15, 0.2) is 0 Å². The fraction of sp³-hybridized carbons (Fsp3) is 0.938. The molecule has 2 rings (SSSR count).